The second kappa shape index (κ2) is 8.47. The number of carboxylic acid groups (broad SMARTS) is 1. The summed E-state index contributed by atoms with van der Waals surface area (Å²) < 4.78 is 0. The van der Waals surface area contributed by atoms with Crippen molar-refractivity contribution >= 4 is 5.97 Å². The van der Waals surface area contributed by atoms with Crippen LogP contribution in [0.25, 0.3) is 0 Å². The second-order valence-corrected chi connectivity index (χ2v) is 5.55. The van der Waals surface area contributed by atoms with E-state index in [0.29, 0.717) is 12.5 Å². The van der Waals surface area contributed by atoms with Gasteiger partial charge >= 0.3 is 5.97 Å². The summed E-state index contributed by atoms with van der Waals surface area (Å²) in [4.78, 5) is 15.4. The number of nitrogens with zero attached hydrogens (tertiary/aromatic N) is 2. The van der Waals surface area contributed by atoms with Crippen LogP contribution in [0.15, 0.2) is 0 Å². The number of unbranched alkanes of at least 4 members (excludes halogenated alkanes) is 1. The van der Waals surface area contributed by atoms with Crippen molar-refractivity contribution in [2.45, 2.75) is 44.2 Å². The first-order valence-corrected chi connectivity index (χ1v) is 7.05. The number of aliphatic carboxylic acids is 1. The fourth-order valence-electron chi connectivity index (χ4n) is 2.59. The average Bonchev–Trinajstić information content (AvgIpc) is 2.38. The molecule has 0 aromatic heterocycles. The molecule has 1 saturated heterocycles. The standard InChI is InChI=1S/C13H27N3O3/c1-15(2)11-6-9-16(10-7-11)8-4-3-5-12(14-19)13(17)18/h11-12,14,19H,3-10H2,1-2H3,(H,17,18)/t12-/m0/s1. The normalized spacial score (nSPS) is 19.8. The molecule has 112 valence electrons. The minimum atomic E-state index is -0.991. The van der Waals surface area contributed by atoms with Crippen molar-refractivity contribution in [3.8, 4) is 0 Å². The van der Waals surface area contributed by atoms with E-state index in [-0.39, 0.29) is 0 Å². The third kappa shape index (κ3) is 5.86. The van der Waals surface area contributed by atoms with Crippen LogP contribution in [-0.4, -0.2) is 71.9 Å². The van der Waals surface area contributed by atoms with Crippen molar-refractivity contribution in [1.82, 2.24) is 15.3 Å². The number of piperidine rings is 1. The molecule has 1 atom stereocenters. The minimum absolute atomic E-state index is 0.472. The van der Waals surface area contributed by atoms with E-state index in [1.807, 2.05) is 5.48 Å². The van der Waals surface area contributed by atoms with Gasteiger partial charge in [-0.1, -0.05) is 0 Å². The van der Waals surface area contributed by atoms with Crippen LogP contribution in [0.1, 0.15) is 32.1 Å². The van der Waals surface area contributed by atoms with E-state index in [0.717, 1.165) is 32.5 Å². The lowest BCUT2D eigenvalue weighted by Gasteiger charge is -2.35. The Morgan fingerprint density at radius 2 is 2.00 bits per heavy atom. The van der Waals surface area contributed by atoms with Crippen LogP contribution >= 0.6 is 0 Å². The molecular formula is C13H27N3O3. The maximum absolute atomic E-state index is 10.7. The maximum atomic E-state index is 10.7. The number of carboxylic acids is 1. The number of nitrogens with one attached hydrogen (secondary N) is 1. The predicted molar refractivity (Wildman–Crippen MR) is 73.3 cm³/mol. The molecule has 0 radical (unpaired) electrons. The first-order chi connectivity index (χ1) is 9.04. The zero-order valence-corrected chi connectivity index (χ0v) is 12.0. The summed E-state index contributed by atoms with van der Waals surface area (Å²) in [6.07, 6.45) is 4.70. The highest BCUT2D eigenvalue weighted by molar-refractivity contribution is 5.73. The van der Waals surface area contributed by atoms with Gasteiger partial charge in [0, 0.05) is 6.04 Å². The SMILES string of the molecule is CN(C)C1CCN(CCCC[C@H](NO)C(=O)O)CC1. The Labute approximate surface area is 115 Å². The van der Waals surface area contributed by atoms with Gasteiger partial charge in [-0.3, -0.25) is 4.79 Å². The first kappa shape index (κ1) is 16.4. The van der Waals surface area contributed by atoms with Gasteiger partial charge in [0.15, 0.2) is 0 Å². The van der Waals surface area contributed by atoms with Crippen molar-refractivity contribution < 1.29 is 15.1 Å². The summed E-state index contributed by atoms with van der Waals surface area (Å²) in [7, 11) is 4.27. The monoisotopic (exact) mass is 273 g/mol. The topological polar surface area (TPSA) is 76.0 Å². The Kier molecular flexibility index (Phi) is 7.30. The molecule has 0 aromatic carbocycles. The minimum Gasteiger partial charge on any atom is -0.480 e. The molecule has 0 bridgehead atoms. The van der Waals surface area contributed by atoms with Gasteiger partial charge in [0.25, 0.3) is 0 Å². The number of likely N-dealkylation sites (tertiary alicyclic amines) is 1. The van der Waals surface area contributed by atoms with E-state index in [9.17, 15) is 4.79 Å². The lowest BCUT2D eigenvalue weighted by Crippen LogP contribution is -2.42. The van der Waals surface area contributed by atoms with Crippen LogP contribution in [0.2, 0.25) is 0 Å². The fraction of sp³-hybridized carbons (Fsp3) is 0.923. The quantitative estimate of drug-likeness (QED) is 0.444. The molecular weight excluding hydrogens is 246 g/mol. The molecule has 6 heteroatoms. The zero-order valence-electron chi connectivity index (χ0n) is 12.0. The van der Waals surface area contributed by atoms with Crippen molar-refractivity contribution in [1.29, 1.82) is 0 Å². The van der Waals surface area contributed by atoms with Crippen molar-refractivity contribution in [3.05, 3.63) is 0 Å². The highest BCUT2D eigenvalue weighted by Crippen LogP contribution is 2.15. The van der Waals surface area contributed by atoms with Gasteiger partial charge in [0.05, 0.1) is 0 Å². The van der Waals surface area contributed by atoms with E-state index in [4.69, 9.17) is 10.3 Å². The molecule has 0 saturated carbocycles. The van der Waals surface area contributed by atoms with Crippen LogP contribution in [0.4, 0.5) is 0 Å². The van der Waals surface area contributed by atoms with Crippen LogP contribution < -0.4 is 5.48 Å². The molecule has 3 N–H and O–H groups in total. The number of rotatable bonds is 8. The van der Waals surface area contributed by atoms with Gasteiger partial charge in [0.1, 0.15) is 6.04 Å². The summed E-state index contributed by atoms with van der Waals surface area (Å²) in [5.41, 5.74) is 1.84. The highest BCUT2D eigenvalue weighted by atomic mass is 16.5. The molecule has 1 rings (SSSR count). The van der Waals surface area contributed by atoms with Crippen LogP contribution in [0.5, 0.6) is 0 Å². The third-order valence-corrected chi connectivity index (χ3v) is 3.96. The van der Waals surface area contributed by atoms with Crippen LogP contribution in [-0.2, 0) is 4.79 Å². The second-order valence-electron chi connectivity index (χ2n) is 5.55. The molecule has 6 nitrogen and oxygen atoms in total. The molecule has 0 spiro atoms. The van der Waals surface area contributed by atoms with Crippen molar-refractivity contribution in [3.63, 3.8) is 0 Å². The molecule has 1 heterocycles. The zero-order chi connectivity index (χ0) is 14.3. The Hall–Kier alpha value is -0.690. The Balaban J connectivity index is 2.09. The summed E-state index contributed by atoms with van der Waals surface area (Å²) in [6.45, 7) is 3.28. The number of hydroxylamine groups is 1. The lowest BCUT2D eigenvalue weighted by molar-refractivity contribution is -0.142. The Morgan fingerprint density at radius 3 is 2.47 bits per heavy atom. The number of hydrogen-bond donors (Lipinski definition) is 3. The molecule has 0 amide bonds. The molecule has 1 aliphatic heterocycles. The molecule has 1 aliphatic rings. The maximum Gasteiger partial charge on any atom is 0.323 e. The highest BCUT2D eigenvalue weighted by Gasteiger charge is 2.20. The Bertz CT molecular complexity index is 266. The molecule has 0 aliphatic carbocycles. The summed E-state index contributed by atoms with van der Waals surface area (Å²) >= 11 is 0. The van der Waals surface area contributed by atoms with Crippen LogP contribution in [0, 0.1) is 0 Å². The van der Waals surface area contributed by atoms with Gasteiger partial charge in [-0.2, -0.15) is 5.48 Å². The smallest absolute Gasteiger partial charge is 0.323 e. The molecule has 0 aromatic rings. The van der Waals surface area contributed by atoms with E-state index in [1.54, 1.807) is 0 Å². The third-order valence-electron chi connectivity index (χ3n) is 3.96. The average molecular weight is 273 g/mol. The molecule has 19 heavy (non-hydrogen) atoms. The van der Waals surface area contributed by atoms with E-state index >= 15 is 0 Å². The molecule has 0 unspecified atom stereocenters. The van der Waals surface area contributed by atoms with Crippen molar-refractivity contribution in [2.24, 2.45) is 0 Å². The van der Waals surface area contributed by atoms with Gasteiger partial charge in [-0.15, -0.1) is 0 Å². The van der Waals surface area contributed by atoms with E-state index < -0.39 is 12.0 Å². The largest absolute Gasteiger partial charge is 0.480 e. The summed E-state index contributed by atoms with van der Waals surface area (Å²) in [5, 5.41) is 17.4. The number of hydrogen-bond acceptors (Lipinski definition) is 5. The summed E-state index contributed by atoms with van der Waals surface area (Å²) in [5.74, 6) is -0.991. The van der Waals surface area contributed by atoms with Gasteiger partial charge in [-0.25, -0.2) is 0 Å². The van der Waals surface area contributed by atoms with E-state index in [1.165, 1.54) is 12.8 Å². The van der Waals surface area contributed by atoms with E-state index in [2.05, 4.69) is 23.9 Å². The van der Waals surface area contributed by atoms with Gasteiger partial charge < -0.3 is 20.1 Å². The Morgan fingerprint density at radius 1 is 1.37 bits per heavy atom. The predicted octanol–water partition coefficient (Wildman–Crippen LogP) is 0.615. The van der Waals surface area contributed by atoms with Gasteiger partial charge in [0.2, 0.25) is 0 Å². The summed E-state index contributed by atoms with van der Waals surface area (Å²) in [6, 6.07) is -0.134. The number of carbonyl (C=O) groups is 1. The molecule has 1 fully saturated rings. The van der Waals surface area contributed by atoms with Crippen LogP contribution in [0.3, 0.4) is 0 Å². The lowest BCUT2D eigenvalue weighted by atomic mass is 10.0. The van der Waals surface area contributed by atoms with Gasteiger partial charge in [-0.05, 0) is 65.8 Å². The first-order valence-electron chi connectivity index (χ1n) is 7.05. The fourth-order valence-corrected chi connectivity index (χ4v) is 2.59. The van der Waals surface area contributed by atoms with Crippen molar-refractivity contribution in [2.75, 3.05) is 33.7 Å².